The third-order valence-electron chi connectivity index (χ3n) is 7.58. The Morgan fingerprint density at radius 1 is 1.06 bits per heavy atom. The first kappa shape index (κ1) is 34.9. The van der Waals surface area contributed by atoms with Gasteiger partial charge in [-0.05, 0) is 86.1 Å². The summed E-state index contributed by atoms with van der Waals surface area (Å²) in [5.74, 6) is 1.17. The van der Waals surface area contributed by atoms with E-state index in [2.05, 4.69) is 44.9 Å². The van der Waals surface area contributed by atoms with Gasteiger partial charge in [0.15, 0.2) is 0 Å². The molecule has 47 heavy (non-hydrogen) atoms. The van der Waals surface area contributed by atoms with Gasteiger partial charge in [-0.1, -0.05) is 36.1 Å². The molecule has 3 aromatic rings. The Hall–Kier alpha value is -3.41. The number of hydrogen-bond donors (Lipinski definition) is 2. The normalized spacial score (nSPS) is 20.7. The van der Waals surface area contributed by atoms with E-state index in [1.54, 1.807) is 24.3 Å². The van der Waals surface area contributed by atoms with Crippen LogP contribution in [-0.4, -0.2) is 67.9 Å². The molecule has 250 valence electrons. The number of aliphatic imine (C=N–C) groups is 1. The molecule has 3 aliphatic rings. The molecule has 3 aliphatic heterocycles. The number of nitrogens with one attached hydrogen (secondary N) is 2. The molecule has 6 rings (SSSR count). The molecule has 2 amide bonds. The molecule has 0 spiro atoms. The van der Waals surface area contributed by atoms with Crippen LogP contribution in [-0.2, 0) is 18.9 Å². The molecule has 0 saturated carbocycles. The van der Waals surface area contributed by atoms with Crippen molar-refractivity contribution in [1.82, 2.24) is 25.3 Å². The number of benzene rings is 2. The van der Waals surface area contributed by atoms with Crippen LogP contribution < -0.4 is 10.6 Å². The Labute approximate surface area is 279 Å². The first-order valence-electron chi connectivity index (χ1n) is 14.3. The Balaban J connectivity index is 0.000000549. The van der Waals surface area contributed by atoms with Crippen LogP contribution in [0.1, 0.15) is 41.5 Å². The molecule has 1 unspecified atom stereocenters. The van der Waals surface area contributed by atoms with Crippen molar-refractivity contribution in [2.24, 2.45) is 4.99 Å². The van der Waals surface area contributed by atoms with Gasteiger partial charge >= 0.3 is 12.4 Å². The van der Waals surface area contributed by atoms with E-state index in [0.717, 1.165) is 42.8 Å². The minimum Gasteiger partial charge on any atom is -0.310 e. The van der Waals surface area contributed by atoms with Crippen LogP contribution in [0.2, 0.25) is 0 Å². The zero-order valence-electron chi connectivity index (χ0n) is 24.7. The van der Waals surface area contributed by atoms with Crippen molar-refractivity contribution >= 4 is 74.0 Å². The van der Waals surface area contributed by atoms with Gasteiger partial charge in [0.1, 0.15) is 5.84 Å². The lowest BCUT2D eigenvalue weighted by Crippen LogP contribution is -2.26. The average Bonchev–Trinajstić information content (AvgIpc) is 3.76. The summed E-state index contributed by atoms with van der Waals surface area (Å²) in [7, 11) is 2.10. The summed E-state index contributed by atoms with van der Waals surface area (Å²) in [4.78, 5) is 30.5. The smallest absolute Gasteiger partial charge is 0.310 e. The first-order valence-corrected chi connectivity index (χ1v) is 16.5. The number of amides is 2. The van der Waals surface area contributed by atoms with Crippen molar-refractivity contribution in [2.45, 2.75) is 44.2 Å². The van der Waals surface area contributed by atoms with E-state index in [9.17, 15) is 35.9 Å². The lowest BCUT2D eigenvalue weighted by atomic mass is 10.0. The summed E-state index contributed by atoms with van der Waals surface area (Å²) in [6.45, 7) is 1.30. The minimum absolute atomic E-state index is 0.0231. The summed E-state index contributed by atoms with van der Waals surface area (Å²) < 4.78 is 80.9. The fraction of sp³-hybridized carbons (Fsp3) is 0.367. The predicted molar refractivity (Wildman–Crippen MR) is 176 cm³/mol. The zero-order chi connectivity index (χ0) is 33.9. The lowest BCUT2D eigenvalue weighted by molar-refractivity contribution is -0.143. The molecule has 3 saturated heterocycles. The summed E-state index contributed by atoms with van der Waals surface area (Å²) in [5.41, 5.74) is -1.80. The average molecular weight is 715 g/mol. The topological polar surface area (TPSA) is 91.6 Å². The van der Waals surface area contributed by atoms with E-state index in [0.29, 0.717) is 51.0 Å². The number of nitrogens with zero attached hydrogens (tertiary/aromatic N) is 4. The van der Waals surface area contributed by atoms with Crippen LogP contribution in [0.4, 0.5) is 35.9 Å². The maximum absolute atomic E-state index is 13.6. The largest absolute Gasteiger partial charge is 0.416 e. The highest BCUT2D eigenvalue weighted by atomic mass is 32.2. The molecule has 0 radical (unpaired) electrons. The quantitative estimate of drug-likeness (QED) is 0.201. The van der Waals surface area contributed by atoms with Crippen LogP contribution in [0.3, 0.4) is 0 Å². The van der Waals surface area contributed by atoms with Gasteiger partial charge in [-0.15, -0.1) is 0 Å². The third kappa shape index (κ3) is 9.15. The monoisotopic (exact) mass is 714 g/mol. The molecule has 17 heteroatoms. The number of likely N-dealkylation sites (tertiary alicyclic amines) is 1. The number of rotatable bonds is 6. The summed E-state index contributed by atoms with van der Waals surface area (Å²) in [5, 5.41) is 9.91. The molecule has 1 atom stereocenters. The van der Waals surface area contributed by atoms with Gasteiger partial charge in [-0.3, -0.25) is 19.3 Å². The highest BCUT2D eigenvalue weighted by Gasteiger charge is 2.38. The molecule has 8 nitrogen and oxygen atoms in total. The fourth-order valence-electron chi connectivity index (χ4n) is 5.28. The number of fused-ring (bicyclic) bond motifs is 1. The lowest BCUT2D eigenvalue weighted by Gasteiger charge is -2.17. The Bertz CT molecular complexity index is 1740. The van der Waals surface area contributed by atoms with Gasteiger partial charge < -0.3 is 15.5 Å². The molecular formula is C30H28F6N6O2S3. The Morgan fingerprint density at radius 2 is 1.85 bits per heavy atom. The number of carbonyl (C=O) groups excluding carboxylic acids is 2. The number of thioether (sulfide) groups is 2. The molecule has 2 N–H and O–H groups in total. The standard InChI is InChI=1S/C27H25F6N5OS.C3H3NOS2/c1-37-10-2-3-20(37)8-9-34-24-23(40-25(39)35-24)12-16-4-7-22-18(11-16)15-38(36-22)14-17-5-6-19(26(28,29)30)13-21(17)27(31,32)33;5-3-4-2(6)1-7-3/h4-7,11-13,15,20H,2-3,8-10,14H2,1H3,(H,34,35,39);1H2,(H,4,5,6)/b23-12-;. The number of thiocarbonyl (C=S) groups is 1. The van der Waals surface area contributed by atoms with Gasteiger partial charge in [0, 0.05) is 24.2 Å². The number of carbonyl (C=O) groups is 2. The molecule has 1 aromatic heterocycles. The number of alkyl halides is 6. The second kappa shape index (κ2) is 14.4. The van der Waals surface area contributed by atoms with Crippen LogP contribution >= 0.6 is 35.7 Å². The van der Waals surface area contributed by atoms with E-state index in [4.69, 9.17) is 0 Å². The number of aromatic nitrogens is 2. The van der Waals surface area contributed by atoms with Gasteiger partial charge in [0.2, 0.25) is 0 Å². The number of hydrogen-bond acceptors (Lipinski definition) is 8. The molecule has 3 fully saturated rings. The van der Waals surface area contributed by atoms with E-state index in [1.807, 2.05) is 0 Å². The van der Waals surface area contributed by atoms with Crippen molar-refractivity contribution in [3.63, 3.8) is 0 Å². The molecule has 0 bridgehead atoms. The summed E-state index contributed by atoms with van der Waals surface area (Å²) in [6.07, 6.45) is -3.31. The van der Waals surface area contributed by atoms with Crippen molar-refractivity contribution in [1.29, 1.82) is 0 Å². The van der Waals surface area contributed by atoms with Gasteiger partial charge in [-0.2, -0.15) is 31.4 Å². The van der Waals surface area contributed by atoms with Crippen molar-refractivity contribution in [3.8, 4) is 0 Å². The molecule has 4 heterocycles. The molecule has 0 aliphatic carbocycles. The second-order valence-corrected chi connectivity index (χ2v) is 13.4. The van der Waals surface area contributed by atoms with E-state index >= 15 is 0 Å². The minimum atomic E-state index is -4.96. The maximum Gasteiger partial charge on any atom is 0.416 e. The van der Waals surface area contributed by atoms with Gasteiger partial charge in [-0.25, -0.2) is 0 Å². The number of halogens is 6. The maximum atomic E-state index is 13.6. The van der Waals surface area contributed by atoms with Crippen molar-refractivity contribution < 1.29 is 35.9 Å². The third-order valence-corrected chi connectivity index (χ3v) is 9.63. The van der Waals surface area contributed by atoms with E-state index < -0.39 is 23.5 Å². The van der Waals surface area contributed by atoms with Crippen LogP contribution in [0, 0.1) is 0 Å². The van der Waals surface area contributed by atoms with E-state index in [-0.39, 0.29) is 28.7 Å². The fourth-order valence-corrected chi connectivity index (χ4v) is 6.90. The highest BCUT2D eigenvalue weighted by molar-refractivity contribution is 8.18. The Morgan fingerprint density at radius 3 is 2.47 bits per heavy atom. The van der Waals surface area contributed by atoms with Crippen molar-refractivity contribution in [2.75, 3.05) is 25.9 Å². The van der Waals surface area contributed by atoms with Crippen LogP contribution in [0.5, 0.6) is 0 Å². The highest BCUT2D eigenvalue weighted by Crippen LogP contribution is 2.38. The van der Waals surface area contributed by atoms with Gasteiger partial charge in [0.25, 0.3) is 10.5 Å². The molecule has 2 aromatic carbocycles. The summed E-state index contributed by atoms with van der Waals surface area (Å²) >= 11 is 6.89. The predicted octanol–water partition coefficient (Wildman–Crippen LogP) is 7.57. The number of amidine groups is 1. The SMILES string of the molecule is CN1CCCC1CCN=C1NC(=O)S/C1=C\c1ccc2nn(Cc3ccc(C(F)(F)F)cc3C(F)(F)F)cc2c1.O=C1NC(=S)CS1. The van der Waals surface area contributed by atoms with Crippen LogP contribution in [0.25, 0.3) is 17.0 Å². The van der Waals surface area contributed by atoms with Crippen molar-refractivity contribution in [3.05, 3.63) is 69.8 Å². The van der Waals surface area contributed by atoms with Crippen LogP contribution in [0.15, 0.2) is 52.5 Å². The molecular weight excluding hydrogens is 687 g/mol. The van der Waals surface area contributed by atoms with E-state index in [1.165, 1.54) is 29.1 Å². The zero-order valence-corrected chi connectivity index (χ0v) is 27.2. The summed E-state index contributed by atoms with van der Waals surface area (Å²) in [6, 6.07) is 7.31. The Kier molecular flexibility index (Phi) is 10.7. The van der Waals surface area contributed by atoms with Gasteiger partial charge in [0.05, 0.1) is 38.8 Å². The second-order valence-electron chi connectivity index (χ2n) is 11.0. The first-order chi connectivity index (χ1) is 22.2.